The van der Waals surface area contributed by atoms with E-state index in [0.717, 1.165) is 31.9 Å². The van der Waals surface area contributed by atoms with E-state index in [9.17, 15) is 4.79 Å². The van der Waals surface area contributed by atoms with Crippen molar-refractivity contribution in [2.24, 2.45) is 0 Å². The molecule has 2 N–H and O–H groups in total. The molecule has 0 unspecified atom stereocenters. The molecule has 0 saturated carbocycles. The van der Waals surface area contributed by atoms with Gasteiger partial charge in [0.15, 0.2) is 0 Å². The van der Waals surface area contributed by atoms with Gasteiger partial charge in [-0.3, -0.25) is 9.78 Å². The third-order valence-electron chi connectivity index (χ3n) is 4.68. The van der Waals surface area contributed by atoms with Gasteiger partial charge in [0.25, 0.3) is 0 Å². The predicted molar refractivity (Wildman–Crippen MR) is 106 cm³/mol. The Bertz CT molecular complexity index is 746. The van der Waals surface area contributed by atoms with Crippen molar-refractivity contribution in [3.63, 3.8) is 0 Å². The van der Waals surface area contributed by atoms with Crippen molar-refractivity contribution in [2.75, 3.05) is 55.4 Å². The molecule has 7 nitrogen and oxygen atoms in total. The molecule has 1 aliphatic rings. The van der Waals surface area contributed by atoms with E-state index in [2.05, 4.69) is 19.5 Å². The molecule has 7 heteroatoms. The molecule has 1 aromatic heterocycles. The average Bonchev–Trinajstić information content (AvgIpc) is 2.72. The maximum Gasteiger partial charge on any atom is 0.305 e. The predicted octanol–water partition coefficient (Wildman–Crippen LogP) is 2.32. The van der Waals surface area contributed by atoms with Crippen LogP contribution in [0, 0.1) is 0 Å². The number of hydrogen-bond donors (Lipinski definition) is 1. The number of hydrogen-bond acceptors (Lipinski definition) is 7. The third-order valence-corrected chi connectivity index (χ3v) is 4.68. The van der Waals surface area contributed by atoms with E-state index < -0.39 is 0 Å². The van der Waals surface area contributed by atoms with Crippen LogP contribution in [-0.2, 0) is 9.53 Å². The quantitative estimate of drug-likeness (QED) is 0.455. The summed E-state index contributed by atoms with van der Waals surface area (Å²) in [5.74, 6) is 0.423. The van der Waals surface area contributed by atoms with Gasteiger partial charge in [0.2, 0.25) is 0 Å². The summed E-state index contributed by atoms with van der Waals surface area (Å²) < 4.78 is 10.3. The van der Waals surface area contributed by atoms with Crippen LogP contribution in [0.25, 0.3) is 0 Å². The van der Waals surface area contributed by atoms with E-state index >= 15 is 0 Å². The first-order valence-electron chi connectivity index (χ1n) is 9.16. The van der Waals surface area contributed by atoms with Gasteiger partial charge in [0, 0.05) is 56.4 Å². The second kappa shape index (κ2) is 9.12. The van der Waals surface area contributed by atoms with Gasteiger partial charge in [-0.1, -0.05) is 0 Å². The lowest BCUT2D eigenvalue weighted by molar-refractivity contribution is -0.140. The van der Waals surface area contributed by atoms with Gasteiger partial charge in [0.05, 0.1) is 19.4 Å². The number of ether oxygens (including phenoxy) is 2. The maximum atomic E-state index is 11.1. The van der Waals surface area contributed by atoms with E-state index in [1.807, 2.05) is 42.7 Å². The number of carbonyl (C=O) groups is 1. The second-order valence-electron chi connectivity index (χ2n) is 6.43. The lowest BCUT2D eigenvalue weighted by Gasteiger charge is -2.37. The molecule has 1 saturated heterocycles. The zero-order valence-corrected chi connectivity index (χ0v) is 15.6. The molecule has 0 aliphatic carbocycles. The Hall–Kier alpha value is -2.96. The zero-order valence-electron chi connectivity index (χ0n) is 15.6. The number of pyridine rings is 1. The minimum absolute atomic E-state index is 0.229. The van der Waals surface area contributed by atoms with E-state index in [1.54, 1.807) is 0 Å². The summed E-state index contributed by atoms with van der Waals surface area (Å²) in [6.45, 7) is 4.21. The number of aromatic nitrogens is 1. The van der Waals surface area contributed by atoms with Gasteiger partial charge in [-0.15, -0.1) is 0 Å². The van der Waals surface area contributed by atoms with Crippen molar-refractivity contribution in [3.05, 3.63) is 42.7 Å². The topological polar surface area (TPSA) is 80.9 Å². The van der Waals surface area contributed by atoms with Gasteiger partial charge in [0.1, 0.15) is 5.75 Å². The number of carbonyl (C=O) groups excluding carboxylic acids is 1. The van der Waals surface area contributed by atoms with E-state index in [4.69, 9.17) is 10.5 Å². The summed E-state index contributed by atoms with van der Waals surface area (Å²) in [5.41, 5.74) is 9.08. The van der Waals surface area contributed by atoms with Crippen LogP contribution < -0.4 is 20.3 Å². The summed E-state index contributed by atoms with van der Waals surface area (Å²) in [6.07, 6.45) is 4.60. The molecule has 3 rings (SSSR count). The third kappa shape index (κ3) is 5.03. The summed E-state index contributed by atoms with van der Waals surface area (Å²) in [6, 6.07) is 9.98. The van der Waals surface area contributed by atoms with Gasteiger partial charge in [-0.25, -0.2) is 0 Å². The number of methoxy groups -OCH3 is 1. The zero-order chi connectivity index (χ0) is 19.1. The van der Waals surface area contributed by atoms with Crippen molar-refractivity contribution < 1.29 is 14.3 Å². The van der Waals surface area contributed by atoms with Crippen molar-refractivity contribution in [1.82, 2.24) is 4.98 Å². The molecule has 1 aliphatic heterocycles. The molecule has 2 aromatic rings. The number of esters is 1. The van der Waals surface area contributed by atoms with Gasteiger partial charge < -0.3 is 25.0 Å². The van der Waals surface area contributed by atoms with E-state index in [1.165, 1.54) is 12.8 Å². The molecular weight excluding hydrogens is 344 g/mol. The fraction of sp³-hybridized carbons (Fsp3) is 0.400. The molecule has 2 heterocycles. The second-order valence-corrected chi connectivity index (χ2v) is 6.43. The number of rotatable bonds is 7. The molecule has 0 atom stereocenters. The summed E-state index contributed by atoms with van der Waals surface area (Å²) in [7, 11) is 1.39. The van der Waals surface area contributed by atoms with Gasteiger partial charge >= 0.3 is 5.97 Å². The standard InChI is InChI=1S/C20H26N4O3/c1-26-20(25)3-2-14-27-19-5-4-17(15-18(19)21)24-12-10-23(11-13-24)16-6-8-22-9-7-16/h4-9,15H,2-3,10-14,21H2,1H3. The lowest BCUT2D eigenvalue weighted by Crippen LogP contribution is -2.46. The fourth-order valence-electron chi connectivity index (χ4n) is 3.14. The molecule has 0 radical (unpaired) electrons. The molecule has 1 aromatic carbocycles. The number of nitrogens with zero attached hydrogens (tertiary/aromatic N) is 3. The van der Waals surface area contributed by atoms with Crippen molar-refractivity contribution >= 4 is 23.0 Å². The summed E-state index contributed by atoms with van der Waals surface area (Å²) in [4.78, 5) is 19.9. The molecule has 0 bridgehead atoms. The monoisotopic (exact) mass is 370 g/mol. The minimum Gasteiger partial charge on any atom is -0.491 e. The highest BCUT2D eigenvalue weighted by Crippen LogP contribution is 2.28. The Balaban J connectivity index is 1.51. The number of piperazine rings is 1. The molecular formula is C20H26N4O3. The first-order chi connectivity index (χ1) is 13.2. The Morgan fingerprint density at radius 3 is 2.37 bits per heavy atom. The number of nitrogens with two attached hydrogens (primary N) is 1. The summed E-state index contributed by atoms with van der Waals surface area (Å²) in [5, 5.41) is 0. The van der Waals surface area contributed by atoms with Crippen molar-refractivity contribution in [1.29, 1.82) is 0 Å². The van der Waals surface area contributed by atoms with Crippen molar-refractivity contribution in [2.45, 2.75) is 12.8 Å². The smallest absolute Gasteiger partial charge is 0.305 e. The maximum absolute atomic E-state index is 11.1. The van der Waals surface area contributed by atoms with Crippen LogP contribution in [0.2, 0.25) is 0 Å². The van der Waals surface area contributed by atoms with Crippen LogP contribution in [0.4, 0.5) is 17.1 Å². The average molecular weight is 370 g/mol. The minimum atomic E-state index is -0.229. The van der Waals surface area contributed by atoms with Crippen LogP contribution in [0.1, 0.15) is 12.8 Å². The van der Waals surface area contributed by atoms with Gasteiger partial charge in [-0.05, 0) is 36.8 Å². The molecule has 0 spiro atoms. The molecule has 1 fully saturated rings. The first-order valence-corrected chi connectivity index (χ1v) is 9.16. The van der Waals surface area contributed by atoms with Crippen LogP contribution in [0.3, 0.4) is 0 Å². The lowest BCUT2D eigenvalue weighted by atomic mass is 10.2. The largest absolute Gasteiger partial charge is 0.491 e. The Labute approximate surface area is 159 Å². The Morgan fingerprint density at radius 2 is 1.74 bits per heavy atom. The number of anilines is 3. The SMILES string of the molecule is COC(=O)CCCOc1ccc(N2CCN(c3ccncc3)CC2)cc1N. The molecule has 144 valence electrons. The van der Waals surface area contributed by atoms with E-state index in [0.29, 0.717) is 30.9 Å². The first kappa shape index (κ1) is 18.8. The number of nitrogen functional groups attached to an aromatic ring is 1. The highest BCUT2D eigenvalue weighted by molar-refractivity contribution is 5.69. The fourth-order valence-corrected chi connectivity index (χ4v) is 3.14. The highest BCUT2D eigenvalue weighted by Gasteiger charge is 2.18. The Kier molecular flexibility index (Phi) is 6.35. The highest BCUT2D eigenvalue weighted by atomic mass is 16.5. The van der Waals surface area contributed by atoms with Crippen LogP contribution in [0.5, 0.6) is 5.75 Å². The van der Waals surface area contributed by atoms with Gasteiger partial charge in [-0.2, -0.15) is 0 Å². The van der Waals surface area contributed by atoms with Crippen LogP contribution >= 0.6 is 0 Å². The molecule has 27 heavy (non-hydrogen) atoms. The van der Waals surface area contributed by atoms with Crippen LogP contribution in [0.15, 0.2) is 42.7 Å². The van der Waals surface area contributed by atoms with E-state index in [-0.39, 0.29) is 5.97 Å². The molecule has 0 amide bonds. The normalized spacial score (nSPS) is 14.1. The number of benzene rings is 1. The summed E-state index contributed by atoms with van der Waals surface area (Å²) >= 11 is 0. The van der Waals surface area contributed by atoms with Crippen LogP contribution in [-0.4, -0.2) is 50.8 Å². The van der Waals surface area contributed by atoms with Crippen molar-refractivity contribution in [3.8, 4) is 5.75 Å². The Morgan fingerprint density at radius 1 is 1.07 bits per heavy atom.